The van der Waals surface area contributed by atoms with Crippen molar-refractivity contribution in [1.82, 2.24) is 14.9 Å². The van der Waals surface area contributed by atoms with Gasteiger partial charge in [-0.25, -0.2) is 9.78 Å². The predicted octanol–water partition coefficient (Wildman–Crippen LogP) is 3.37. The number of carbonyl (C=O) groups is 1. The number of aromatic nitrogens is 2. The van der Waals surface area contributed by atoms with E-state index >= 15 is 0 Å². The van der Waals surface area contributed by atoms with E-state index in [1.807, 2.05) is 11.3 Å². The van der Waals surface area contributed by atoms with Crippen molar-refractivity contribution in [2.24, 2.45) is 0 Å². The summed E-state index contributed by atoms with van der Waals surface area (Å²) in [5.74, 6) is -0.642. The van der Waals surface area contributed by atoms with E-state index in [9.17, 15) is 19.7 Å². The molecule has 1 aromatic carbocycles. The van der Waals surface area contributed by atoms with Crippen LogP contribution in [0.25, 0.3) is 11.1 Å². The van der Waals surface area contributed by atoms with Crippen LogP contribution in [0, 0.1) is 10.1 Å². The second-order valence-electron chi connectivity index (χ2n) is 7.67. The third-order valence-electron chi connectivity index (χ3n) is 5.43. The molecule has 9 nitrogen and oxygen atoms in total. The fourth-order valence-corrected chi connectivity index (χ4v) is 5.04. The molecule has 3 aromatic rings. The lowest BCUT2D eigenvalue weighted by molar-refractivity contribution is -0.384. The Labute approximate surface area is 182 Å². The quantitative estimate of drug-likeness (QED) is 0.307. The van der Waals surface area contributed by atoms with Crippen molar-refractivity contribution in [2.45, 2.75) is 57.9 Å². The van der Waals surface area contributed by atoms with E-state index in [0.717, 1.165) is 30.7 Å². The molecule has 0 fully saturated rings. The zero-order chi connectivity index (χ0) is 21.8. The number of benzene rings is 1. The van der Waals surface area contributed by atoms with Crippen LogP contribution in [-0.4, -0.2) is 26.9 Å². The van der Waals surface area contributed by atoms with Crippen LogP contribution in [0.3, 0.4) is 0 Å². The average Bonchev–Trinajstić information content (AvgIpc) is 3.30. The molecule has 1 N–H and O–H groups in total. The van der Waals surface area contributed by atoms with E-state index in [0.29, 0.717) is 25.0 Å². The number of nitro benzene ring substituents is 1. The van der Waals surface area contributed by atoms with Gasteiger partial charge < -0.3 is 9.73 Å². The average molecular weight is 445 g/mol. The number of nitrogens with zero attached hydrogens (tertiary/aromatic N) is 3. The maximum absolute atomic E-state index is 12.1. The highest BCUT2D eigenvalue weighted by atomic mass is 32.1. The van der Waals surface area contributed by atoms with Gasteiger partial charge in [0.25, 0.3) is 5.69 Å². The largest absolute Gasteiger partial charge is 0.419 e. The molecule has 2 aromatic heterocycles. The van der Waals surface area contributed by atoms with Crippen molar-refractivity contribution >= 4 is 34.0 Å². The normalized spacial score (nSPS) is 13.3. The molecule has 0 unspecified atom stereocenters. The van der Waals surface area contributed by atoms with E-state index in [2.05, 4.69) is 5.32 Å². The smallest absolute Gasteiger partial charge is 0.407 e. The van der Waals surface area contributed by atoms with Gasteiger partial charge in [0.05, 0.1) is 27.2 Å². The second-order valence-corrected chi connectivity index (χ2v) is 8.84. The van der Waals surface area contributed by atoms with Crippen LogP contribution in [0.5, 0.6) is 0 Å². The molecule has 10 heteroatoms. The number of amides is 1. The molecule has 2 heterocycles. The van der Waals surface area contributed by atoms with Crippen LogP contribution in [-0.2, 0) is 30.6 Å². The molecule has 4 rings (SSSR count). The fraction of sp³-hybridized carbons (Fsp3) is 0.476. The number of carbonyl (C=O) groups excluding carboxylic acids is 1. The van der Waals surface area contributed by atoms with Crippen LogP contribution in [0.15, 0.2) is 27.4 Å². The first-order valence-electron chi connectivity index (χ1n) is 10.5. The molecule has 1 amide bonds. The van der Waals surface area contributed by atoms with Crippen LogP contribution >= 0.6 is 11.3 Å². The van der Waals surface area contributed by atoms with Gasteiger partial charge in [0, 0.05) is 36.9 Å². The highest BCUT2D eigenvalue weighted by Gasteiger charge is 2.16. The van der Waals surface area contributed by atoms with Gasteiger partial charge in [-0.15, -0.1) is 11.3 Å². The molecule has 0 radical (unpaired) electrons. The van der Waals surface area contributed by atoms with E-state index < -0.39 is 10.7 Å². The van der Waals surface area contributed by atoms with Gasteiger partial charge in [-0.1, -0.05) is 0 Å². The maximum Gasteiger partial charge on any atom is 0.419 e. The standard InChI is InChI=1S/C21H24N4O5S/c26-19(22-11-3-8-20-23-15-5-1-2-6-18(15)31-20)7-4-12-24-16-10-9-14(25(28)29)13-17(16)30-21(24)27/h9-10,13H,1-8,11-12H2,(H,22,26). The van der Waals surface area contributed by atoms with Crippen molar-refractivity contribution in [3.8, 4) is 0 Å². The lowest BCUT2D eigenvalue weighted by atomic mass is 10.0. The van der Waals surface area contributed by atoms with Crippen LogP contribution in [0.1, 0.15) is 47.7 Å². The summed E-state index contributed by atoms with van der Waals surface area (Å²) in [6.45, 7) is 0.906. The molecule has 1 aliphatic rings. The highest BCUT2D eigenvalue weighted by Crippen LogP contribution is 2.27. The van der Waals surface area contributed by atoms with Gasteiger partial charge in [0.15, 0.2) is 5.58 Å². The molecular formula is C21H24N4O5S. The number of non-ortho nitro benzene ring substituents is 1. The van der Waals surface area contributed by atoms with Crippen LogP contribution < -0.4 is 11.1 Å². The summed E-state index contributed by atoms with van der Waals surface area (Å²) >= 11 is 1.81. The number of hydrogen-bond acceptors (Lipinski definition) is 7. The zero-order valence-corrected chi connectivity index (χ0v) is 17.9. The highest BCUT2D eigenvalue weighted by molar-refractivity contribution is 7.11. The Bertz CT molecular complexity index is 1140. The number of aryl methyl sites for hydroxylation is 4. The Morgan fingerprint density at radius 2 is 2.13 bits per heavy atom. The molecule has 0 atom stereocenters. The maximum atomic E-state index is 12.1. The second kappa shape index (κ2) is 9.42. The van der Waals surface area contributed by atoms with Gasteiger partial charge in [-0.3, -0.25) is 19.5 Å². The number of oxazole rings is 1. The van der Waals surface area contributed by atoms with Crippen molar-refractivity contribution in [1.29, 1.82) is 0 Å². The van der Waals surface area contributed by atoms with Crippen molar-refractivity contribution in [3.05, 3.63) is 54.4 Å². The van der Waals surface area contributed by atoms with E-state index in [1.165, 1.54) is 46.2 Å². The minimum Gasteiger partial charge on any atom is -0.407 e. The summed E-state index contributed by atoms with van der Waals surface area (Å²) in [7, 11) is 0. The third-order valence-corrected chi connectivity index (χ3v) is 6.64. The predicted molar refractivity (Wildman–Crippen MR) is 116 cm³/mol. The number of hydrogen-bond donors (Lipinski definition) is 1. The van der Waals surface area contributed by atoms with Gasteiger partial charge in [0.1, 0.15) is 0 Å². The molecule has 0 saturated carbocycles. The summed E-state index contributed by atoms with van der Waals surface area (Å²) in [5, 5.41) is 14.9. The number of rotatable bonds is 9. The van der Waals surface area contributed by atoms with Crippen molar-refractivity contribution in [3.63, 3.8) is 0 Å². The first-order valence-corrected chi connectivity index (χ1v) is 11.3. The first kappa shape index (κ1) is 21.2. The first-order chi connectivity index (χ1) is 15.0. The fourth-order valence-electron chi connectivity index (χ4n) is 3.85. The minimum absolute atomic E-state index is 0.0603. The topological polar surface area (TPSA) is 120 Å². The molecular weight excluding hydrogens is 420 g/mol. The number of fused-ring (bicyclic) bond motifs is 2. The minimum atomic E-state index is -0.581. The summed E-state index contributed by atoms with van der Waals surface area (Å²) < 4.78 is 6.50. The van der Waals surface area contributed by atoms with Gasteiger partial charge in [-0.2, -0.15) is 0 Å². The molecule has 0 bridgehead atoms. The summed E-state index contributed by atoms with van der Waals surface area (Å²) in [6.07, 6.45) is 7.21. The number of nitro groups is 1. The monoisotopic (exact) mass is 444 g/mol. The number of thiazole rings is 1. The van der Waals surface area contributed by atoms with Crippen molar-refractivity contribution in [2.75, 3.05) is 6.54 Å². The van der Waals surface area contributed by atoms with Crippen LogP contribution in [0.4, 0.5) is 5.69 Å². The molecule has 164 valence electrons. The van der Waals surface area contributed by atoms with Gasteiger partial charge >= 0.3 is 5.76 Å². The summed E-state index contributed by atoms with van der Waals surface area (Å²) in [4.78, 5) is 40.6. The Balaban J connectivity index is 1.21. The van der Waals surface area contributed by atoms with Gasteiger partial charge in [0.2, 0.25) is 5.91 Å². The Kier molecular flexibility index (Phi) is 6.45. The van der Waals surface area contributed by atoms with Crippen LogP contribution in [0.2, 0.25) is 0 Å². The Hall–Kier alpha value is -3.01. The molecule has 0 aliphatic heterocycles. The molecule has 0 spiro atoms. The molecule has 1 aliphatic carbocycles. The number of nitrogens with one attached hydrogen (secondary N) is 1. The third kappa shape index (κ3) is 5.01. The molecule has 0 saturated heterocycles. The van der Waals surface area contributed by atoms with E-state index in [-0.39, 0.29) is 23.6 Å². The van der Waals surface area contributed by atoms with Crippen molar-refractivity contribution < 1.29 is 14.1 Å². The SMILES string of the molecule is O=C(CCCn1c(=O)oc2cc([N+](=O)[O-])ccc21)NCCCc1nc2c(s1)CCCC2. The Morgan fingerprint density at radius 1 is 1.29 bits per heavy atom. The summed E-state index contributed by atoms with van der Waals surface area (Å²) in [6, 6.07) is 4.06. The zero-order valence-electron chi connectivity index (χ0n) is 17.1. The Morgan fingerprint density at radius 3 is 2.94 bits per heavy atom. The lowest BCUT2D eigenvalue weighted by Gasteiger charge is -2.06. The lowest BCUT2D eigenvalue weighted by Crippen LogP contribution is -2.25. The van der Waals surface area contributed by atoms with E-state index in [1.54, 1.807) is 0 Å². The van der Waals surface area contributed by atoms with E-state index in [4.69, 9.17) is 9.40 Å². The summed E-state index contributed by atoms with van der Waals surface area (Å²) in [5.41, 5.74) is 1.80. The van der Waals surface area contributed by atoms with Gasteiger partial charge in [-0.05, 0) is 44.6 Å². The molecule has 31 heavy (non-hydrogen) atoms.